The van der Waals surface area contributed by atoms with E-state index in [2.05, 4.69) is 34.6 Å². The zero-order chi connectivity index (χ0) is 13.0. The van der Waals surface area contributed by atoms with E-state index in [0.29, 0.717) is 0 Å². The zero-order valence-corrected chi connectivity index (χ0v) is 12.1. The summed E-state index contributed by atoms with van der Waals surface area (Å²) in [5.74, 6) is 0. The second-order valence-corrected chi connectivity index (χ2v) is 5.94. The Balaban J connectivity index is 4.67. The van der Waals surface area contributed by atoms with Crippen LogP contribution in [0.5, 0.6) is 0 Å². The Morgan fingerprint density at radius 2 is 0.938 bits per heavy atom. The van der Waals surface area contributed by atoms with Crippen LogP contribution in [0.2, 0.25) is 0 Å². The van der Waals surface area contributed by atoms with Crippen molar-refractivity contribution < 1.29 is 14.2 Å². The Bertz CT molecular complexity index is 191. The van der Waals surface area contributed by atoms with Crippen molar-refractivity contribution in [2.24, 2.45) is 0 Å². The molecule has 0 aliphatic carbocycles. The van der Waals surface area contributed by atoms with E-state index >= 15 is 0 Å². The number of hydrogen-bond donors (Lipinski definition) is 0. The van der Waals surface area contributed by atoms with Gasteiger partial charge in [0.2, 0.25) is 0 Å². The van der Waals surface area contributed by atoms with Crippen LogP contribution in [-0.4, -0.2) is 38.1 Å². The molecule has 0 aliphatic heterocycles. The zero-order valence-electron chi connectivity index (χ0n) is 12.1. The predicted octanol–water partition coefficient (Wildman–Crippen LogP) is 3.02. The molecule has 0 unspecified atom stereocenters. The van der Waals surface area contributed by atoms with Crippen LogP contribution < -0.4 is 0 Å². The van der Waals surface area contributed by atoms with E-state index in [4.69, 9.17) is 14.2 Å². The summed E-state index contributed by atoms with van der Waals surface area (Å²) >= 11 is 0. The van der Waals surface area contributed by atoms with Crippen molar-refractivity contribution in [3.8, 4) is 0 Å². The van der Waals surface area contributed by atoms with Crippen molar-refractivity contribution in [2.75, 3.05) is 21.3 Å². The Kier molecular flexibility index (Phi) is 5.44. The number of rotatable bonds is 7. The lowest BCUT2D eigenvalue weighted by atomic mass is 9.82. The molecule has 0 aliphatic rings. The van der Waals surface area contributed by atoms with E-state index in [1.54, 1.807) is 21.3 Å². The quantitative estimate of drug-likeness (QED) is 0.675. The van der Waals surface area contributed by atoms with Gasteiger partial charge in [-0.25, -0.2) is 0 Å². The summed E-state index contributed by atoms with van der Waals surface area (Å²) in [5, 5.41) is 0. The van der Waals surface area contributed by atoms with Gasteiger partial charge < -0.3 is 14.2 Å². The maximum Gasteiger partial charge on any atom is 0.0705 e. The van der Waals surface area contributed by atoms with Crippen LogP contribution in [0, 0.1) is 0 Å². The van der Waals surface area contributed by atoms with Crippen molar-refractivity contribution in [3.05, 3.63) is 0 Å². The number of ether oxygens (including phenoxy) is 3. The molecule has 0 amide bonds. The van der Waals surface area contributed by atoms with E-state index in [1.807, 2.05) is 0 Å². The van der Waals surface area contributed by atoms with Crippen molar-refractivity contribution >= 4 is 0 Å². The van der Waals surface area contributed by atoms with Gasteiger partial charge >= 0.3 is 0 Å². The first-order chi connectivity index (χ1) is 7.10. The van der Waals surface area contributed by atoms with Gasteiger partial charge in [0.15, 0.2) is 0 Å². The molecule has 0 heterocycles. The van der Waals surface area contributed by atoms with Crippen LogP contribution in [0.15, 0.2) is 0 Å². The minimum absolute atomic E-state index is 0.186. The van der Waals surface area contributed by atoms with Gasteiger partial charge in [-0.1, -0.05) is 0 Å². The second-order valence-electron chi connectivity index (χ2n) is 5.94. The minimum atomic E-state index is -0.237. The van der Waals surface area contributed by atoms with Gasteiger partial charge in [-0.3, -0.25) is 0 Å². The summed E-state index contributed by atoms with van der Waals surface area (Å²) in [4.78, 5) is 0. The monoisotopic (exact) mass is 232 g/mol. The fourth-order valence-corrected chi connectivity index (χ4v) is 2.15. The Morgan fingerprint density at radius 1 is 0.625 bits per heavy atom. The fraction of sp³-hybridized carbons (Fsp3) is 1.00. The van der Waals surface area contributed by atoms with Crippen LogP contribution in [0.3, 0.4) is 0 Å². The van der Waals surface area contributed by atoms with Crippen molar-refractivity contribution in [1.29, 1.82) is 0 Å². The van der Waals surface area contributed by atoms with E-state index in [-0.39, 0.29) is 16.8 Å². The average Bonchev–Trinajstić information content (AvgIpc) is 2.16. The highest BCUT2D eigenvalue weighted by Crippen LogP contribution is 2.33. The van der Waals surface area contributed by atoms with E-state index in [1.165, 1.54) is 0 Å². The van der Waals surface area contributed by atoms with Crippen LogP contribution in [-0.2, 0) is 14.2 Å². The maximum absolute atomic E-state index is 5.65. The van der Waals surface area contributed by atoms with Crippen molar-refractivity contribution in [3.63, 3.8) is 0 Å². The molecule has 0 saturated carbocycles. The molecule has 0 saturated heterocycles. The lowest BCUT2D eigenvalue weighted by Gasteiger charge is -2.40. The first kappa shape index (κ1) is 15.9. The molecule has 0 fully saturated rings. The smallest absolute Gasteiger partial charge is 0.0705 e. The van der Waals surface area contributed by atoms with E-state index in [9.17, 15) is 0 Å². The first-order valence-electron chi connectivity index (χ1n) is 5.75. The summed E-state index contributed by atoms with van der Waals surface area (Å²) in [6, 6.07) is 0. The molecule has 0 bridgehead atoms. The first-order valence-corrected chi connectivity index (χ1v) is 5.75. The molecular formula is C13H28O3. The van der Waals surface area contributed by atoms with E-state index in [0.717, 1.165) is 12.8 Å². The average molecular weight is 232 g/mol. The largest absolute Gasteiger partial charge is 0.379 e. The molecule has 0 aromatic carbocycles. The SMILES string of the molecule is COC(C)(C)CC(C)(CC(C)(C)OC)OC. The van der Waals surface area contributed by atoms with Gasteiger partial charge in [0, 0.05) is 34.2 Å². The summed E-state index contributed by atoms with van der Waals surface area (Å²) in [6.45, 7) is 10.4. The van der Waals surface area contributed by atoms with Gasteiger partial charge in [0.25, 0.3) is 0 Å². The highest BCUT2D eigenvalue weighted by atomic mass is 16.5. The van der Waals surface area contributed by atoms with Crippen LogP contribution in [0.1, 0.15) is 47.5 Å². The molecule has 16 heavy (non-hydrogen) atoms. The summed E-state index contributed by atoms with van der Waals surface area (Å²) in [5.41, 5.74) is -0.609. The maximum atomic E-state index is 5.65. The third-order valence-electron chi connectivity index (χ3n) is 3.20. The topological polar surface area (TPSA) is 27.7 Å². The molecule has 0 aromatic rings. The van der Waals surface area contributed by atoms with Gasteiger partial charge in [0.1, 0.15) is 0 Å². The lowest BCUT2D eigenvalue weighted by molar-refractivity contribution is -0.118. The van der Waals surface area contributed by atoms with Gasteiger partial charge in [-0.05, 0) is 34.6 Å². The fourth-order valence-electron chi connectivity index (χ4n) is 2.15. The minimum Gasteiger partial charge on any atom is -0.379 e. The third kappa shape index (κ3) is 5.28. The molecule has 0 radical (unpaired) electrons. The lowest BCUT2D eigenvalue weighted by Crippen LogP contribution is -2.43. The molecule has 98 valence electrons. The molecule has 0 spiro atoms. The molecular weight excluding hydrogens is 204 g/mol. The van der Waals surface area contributed by atoms with Gasteiger partial charge in [-0.2, -0.15) is 0 Å². The van der Waals surface area contributed by atoms with E-state index < -0.39 is 0 Å². The Hall–Kier alpha value is -0.120. The van der Waals surface area contributed by atoms with Crippen molar-refractivity contribution in [2.45, 2.75) is 64.3 Å². The predicted molar refractivity (Wildman–Crippen MR) is 66.8 cm³/mol. The molecule has 0 aromatic heterocycles. The molecule has 3 heteroatoms. The Labute approximate surface area is 100 Å². The van der Waals surface area contributed by atoms with Crippen molar-refractivity contribution in [1.82, 2.24) is 0 Å². The van der Waals surface area contributed by atoms with Crippen LogP contribution >= 0.6 is 0 Å². The highest BCUT2D eigenvalue weighted by Gasteiger charge is 2.37. The standard InChI is InChI=1S/C13H28O3/c1-11(2,14-6)9-13(5,16-8)10-12(3,4)15-7/h9-10H2,1-8H3. The molecule has 0 rings (SSSR count). The summed E-state index contributed by atoms with van der Waals surface area (Å²) in [6.07, 6.45) is 1.67. The summed E-state index contributed by atoms with van der Waals surface area (Å²) < 4.78 is 16.6. The number of methoxy groups -OCH3 is 3. The number of hydrogen-bond acceptors (Lipinski definition) is 3. The summed E-state index contributed by atoms with van der Waals surface area (Å²) in [7, 11) is 5.21. The van der Waals surface area contributed by atoms with Gasteiger partial charge in [-0.15, -0.1) is 0 Å². The Morgan fingerprint density at radius 3 is 1.12 bits per heavy atom. The van der Waals surface area contributed by atoms with Gasteiger partial charge in [0.05, 0.1) is 16.8 Å². The molecule has 0 N–H and O–H groups in total. The van der Waals surface area contributed by atoms with Crippen LogP contribution in [0.4, 0.5) is 0 Å². The highest BCUT2D eigenvalue weighted by molar-refractivity contribution is 4.89. The normalized spacial score (nSPS) is 14.2. The molecule has 3 nitrogen and oxygen atoms in total. The second kappa shape index (κ2) is 5.48. The molecule has 0 atom stereocenters. The van der Waals surface area contributed by atoms with Crippen LogP contribution in [0.25, 0.3) is 0 Å². The third-order valence-corrected chi connectivity index (χ3v) is 3.20.